The van der Waals surface area contributed by atoms with Gasteiger partial charge in [-0.25, -0.2) is 10.0 Å². The van der Waals surface area contributed by atoms with Crippen molar-refractivity contribution in [2.75, 3.05) is 27.3 Å². The van der Waals surface area contributed by atoms with Crippen LogP contribution in [-0.2, 0) is 4.79 Å². The highest BCUT2D eigenvalue weighted by atomic mass is 16.5. The number of benzene rings is 1. The van der Waals surface area contributed by atoms with E-state index in [4.69, 9.17) is 14.0 Å². The Morgan fingerprint density at radius 3 is 2.63 bits per heavy atom. The van der Waals surface area contributed by atoms with Gasteiger partial charge in [0.2, 0.25) is 0 Å². The molecule has 0 N–H and O–H groups in total. The first-order valence-corrected chi connectivity index (χ1v) is 8.49. The van der Waals surface area contributed by atoms with E-state index in [9.17, 15) is 9.59 Å². The molecule has 1 aromatic carbocycles. The van der Waals surface area contributed by atoms with E-state index in [-0.39, 0.29) is 11.8 Å². The Kier molecular flexibility index (Phi) is 5.44. The van der Waals surface area contributed by atoms with Crippen LogP contribution in [0, 0.1) is 6.92 Å². The first-order valence-electron chi connectivity index (χ1n) is 8.49. The molecule has 0 bridgehead atoms. The van der Waals surface area contributed by atoms with Crippen LogP contribution in [-0.4, -0.2) is 54.3 Å². The summed E-state index contributed by atoms with van der Waals surface area (Å²) in [4.78, 5) is 25.3. The minimum Gasteiger partial charge on any atom is -0.497 e. The predicted molar refractivity (Wildman–Crippen MR) is 97.2 cm³/mol. The van der Waals surface area contributed by atoms with Gasteiger partial charge >= 0.3 is 0 Å². The topological polar surface area (TPSA) is 85.1 Å². The standard InChI is InChI=1S/C19H21N3O5/c1-13-16(12-27-20-13)19(24)22-10-4-9-21(22)18(23)8-5-14-11-15(25-2)6-7-17(14)26-3/h5-8,11-12H,4,9-10H2,1-3H3/b8-5+. The highest BCUT2D eigenvalue weighted by molar-refractivity contribution is 5.98. The first kappa shape index (κ1) is 18.5. The average molecular weight is 371 g/mol. The van der Waals surface area contributed by atoms with E-state index in [0.717, 1.165) is 0 Å². The molecule has 0 spiro atoms. The van der Waals surface area contributed by atoms with Crippen LogP contribution in [0.4, 0.5) is 0 Å². The number of aromatic nitrogens is 1. The summed E-state index contributed by atoms with van der Waals surface area (Å²) in [7, 11) is 3.13. The average Bonchev–Trinajstić information content (AvgIpc) is 3.34. The van der Waals surface area contributed by atoms with Gasteiger partial charge in [-0.1, -0.05) is 5.16 Å². The largest absolute Gasteiger partial charge is 0.497 e. The van der Waals surface area contributed by atoms with Crippen molar-refractivity contribution in [3.8, 4) is 11.5 Å². The Bertz CT molecular complexity index is 874. The van der Waals surface area contributed by atoms with E-state index in [2.05, 4.69) is 5.16 Å². The van der Waals surface area contributed by atoms with Crippen molar-refractivity contribution < 1.29 is 23.6 Å². The van der Waals surface area contributed by atoms with Gasteiger partial charge in [0, 0.05) is 24.7 Å². The number of amides is 2. The van der Waals surface area contributed by atoms with Gasteiger partial charge < -0.3 is 14.0 Å². The van der Waals surface area contributed by atoms with Crippen molar-refractivity contribution in [1.82, 2.24) is 15.2 Å². The maximum atomic E-state index is 12.7. The van der Waals surface area contributed by atoms with Crippen molar-refractivity contribution in [3.05, 3.63) is 47.4 Å². The number of aryl methyl sites for hydroxylation is 1. The number of ether oxygens (including phenoxy) is 2. The highest BCUT2D eigenvalue weighted by Gasteiger charge is 2.31. The van der Waals surface area contributed by atoms with E-state index >= 15 is 0 Å². The number of methoxy groups -OCH3 is 2. The van der Waals surface area contributed by atoms with Crippen molar-refractivity contribution in [1.29, 1.82) is 0 Å². The lowest BCUT2D eigenvalue weighted by atomic mass is 10.1. The van der Waals surface area contributed by atoms with Gasteiger partial charge in [-0.3, -0.25) is 9.59 Å². The Hall–Kier alpha value is -3.29. The fourth-order valence-corrected chi connectivity index (χ4v) is 2.91. The van der Waals surface area contributed by atoms with Crippen molar-refractivity contribution in [2.45, 2.75) is 13.3 Å². The number of hydrogen-bond donors (Lipinski definition) is 0. The molecule has 0 aliphatic carbocycles. The van der Waals surface area contributed by atoms with Crippen LogP contribution in [0.3, 0.4) is 0 Å². The van der Waals surface area contributed by atoms with Crippen molar-refractivity contribution in [3.63, 3.8) is 0 Å². The van der Waals surface area contributed by atoms with Crippen LogP contribution < -0.4 is 9.47 Å². The van der Waals surface area contributed by atoms with E-state index < -0.39 is 0 Å². The van der Waals surface area contributed by atoms with Crippen molar-refractivity contribution >= 4 is 17.9 Å². The lowest BCUT2D eigenvalue weighted by Gasteiger charge is -2.26. The molecule has 2 amide bonds. The molecule has 1 aromatic heterocycles. The number of hydrogen-bond acceptors (Lipinski definition) is 6. The second-order valence-electron chi connectivity index (χ2n) is 6.00. The van der Waals surface area contributed by atoms with Crippen LogP contribution in [0.5, 0.6) is 11.5 Å². The van der Waals surface area contributed by atoms with Gasteiger partial charge in [0.1, 0.15) is 23.3 Å². The van der Waals surface area contributed by atoms with Crippen LogP contribution >= 0.6 is 0 Å². The van der Waals surface area contributed by atoms with Crippen LogP contribution in [0.2, 0.25) is 0 Å². The molecule has 0 radical (unpaired) electrons. The third kappa shape index (κ3) is 3.79. The Morgan fingerprint density at radius 1 is 1.19 bits per heavy atom. The van der Waals surface area contributed by atoms with Crippen LogP contribution in [0.15, 0.2) is 35.1 Å². The maximum absolute atomic E-state index is 12.7. The molecular formula is C19H21N3O5. The first-order chi connectivity index (χ1) is 13.0. The summed E-state index contributed by atoms with van der Waals surface area (Å²) >= 11 is 0. The smallest absolute Gasteiger partial charge is 0.277 e. The fraction of sp³-hybridized carbons (Fsp3) is 0.316. The minimum absolute atomic E-state index is 0.292. The summed E-state index contributed by atoms with van der Waals surface area (Å²) in [5.74, 6) is 0.685. The second-order valence-corrected chi connectivity index (χ2v) is 6.00. The normalized spacial score (nSPS) is 14.0. The molecule has 2 aromatic rings. The van der Waals surface area contributed by atoms with E-state index in [1.165, 1.54) is 22.4 Å². The molecular weight excluding hydrogens is 350 g/mol. The molecule has 8 heteroatoms. The third-order valence-corrected chi connectivity index (χ3v) is 4.34. The zero-order valence-electron chi connectivity index (χ0n) is 15.5. The van der Waals surface area contributed by atoms with Crippen LogP contribution in [0.25, 0.3) is 6.08 Å². The number of carbonyl (C=O) groups is 2. The molecule has 8 nitrogen and oxygen atoms in total. The lowest BCUT2D eigenvalue weighted by molar-refractivity contribution is -0.134. The second kappa shape index (κ2) is 7.94. The maximum Gasteiger partial charge on any atom is 0.277 e. The molecule has 1 aliphatic rings. The third-order valence-electron chi connectivity index (χ3n) is 4.34. The number of rotatable bonds is 5. The molecule has 0 atom stereocenters. The lowest BCUT2D eigenvalue weighted by Crippen LogP contribution is -2.44. The summed E-state index contributed by atoms with van der Waals surface area (Å²) in [6.45, 7) is 2.62. The number of hydrazine groups is 1. The quantitative estimate of drug-likeness (QED) is 0.750. The Balaban J connectivity index is 1.78. The predicted octanol–water partition coefficient (Wildman–Crippen LogP) is 2.30. The van der Waals surface area contributed by atoms with Gasteiger partial charge in [0.15, 0.2) is 0 Å². The van der Waals surface area contributed by atoms with Gasteiger partial charge in [-0.15, -0.1) is 0 Å². The molecule has 1 aliphatic heterocycles. The SMILES string of the molecule is COc1ccc(OC)c(/C=C/C(=O)N2CCCN2C(=O)c2conc2C)c1. The summed E-state index contributed by atoms with van der Waals surface area (Å²) < 4.78 is 15.4. The van der Waals surface area contributed by atoms with Gasteiger partial charge in [0.25, 0.3) is 11.8 Å². The summed E-state index contributed by atoms with van der Waals surface area (Å²) in [5.41, 5.74) is 1.56. The van der Waals surface area contributed by atoms with E-state index in [1.54, 1.807) is 45.4 Å². The molecule has 1 saturated heterocycles. The van der Waals surface area contributed by atoms with Gasteiger partial charge in [-0.05, 0) is 37.6 Å². The molecule has 0 saturated carbocycles. The summed E-state index contributed by atoms with van der Waals surface area (Å²) in [5, 5.41) is 6.58. The monoisotopic (exact) mass is 371 g/mol. The molecule has 0 unspecified atom stereocenters. The van der Waals surface area contributed by atoms with E-state index in [1.807, 2.05) is 0 Å². The molecule has 1 fully saturated rings. The van der Waals surface area contributed by atoms with Gasteiger partial charge in [-0.2, -0.15) is 0 Å². The molecule has 3 rings (SSSR count). The number of nitrogens with zero attached hydrogens (tertiary/aromatic N) is 3. The number of carbonyl (C=O) groups excluding carboxylic acids is 2. The van der Waals surface area contributed by atoms with E-state index in [0.29, 0.717) is 47.8 Å². The summed E-state index contributed by atoms with van der Waals surface area (Å²) in [6, 6.07) is 5.32. The minimum atomic E-state index is -0.299. The molecule has 142 valence electrons. The Morgan fingerprint density at radius 2 is 1.96 bits per heavy atom. The zero-order chi connectivity index (χ0) is 19.4. The van der Waals surface area contributed by atoms with Gasteiger partial charge in [0.05, 0.1) is 19.9 Å². The molecule has 27 heavy (non-hydrogen) atoms. The van der Waals surface area contributed by atoms with Crippen molar-refractivity contribution in [2.24, 2.45) is 0 Å². The summed E-state index contributed by atoms with van der Waals surface area (Å²) in [6.07, 6.45) is 5.08. The van der Waals surface area contributed by atoms with Crippen LogP contribution in [0.1, 0.15) is 28.0 Å². The molecule has 2 heterocycles. The zero-order valence-corrected chi connectivity index (χ0v) is 15.5. The Labute approximate surface area is 156 Å². The highest BCUT2D eigenvalue weighted by Crippen LogP contribution is 2.25. The fourth-order valence-electron chi connectivity index (χ4n) is 2.91.